The molecular weight excluding hydrogens is 278 g/mol. The summed E-state index contributed by atoms with van der Waals surface area (Å²) in [5, 5.41) is 14.0. The van der Waals surface area contributed by atoms with Gasteiger partial charge in [0.05, 0.1) is 22.6 Å². The molecule has 0 fully saturated rings. The molecule has 1 rings (SSSR count). The summed E-state index contributed by atoms with van der Waals surface area (Å²) < 4.78 is 0.857. The Morgan fingerprint density at radius 1 is 1.73 bits per heavy atom. The van der Waals surface area contributed by atoms with Crippen LogP contribution in [-0.2, 0) is 0 Å². The maximum Gasteiger partial charge on any atom is 0.187 e. The third-order valence-electron chi connectivity index (χ3n) is 1.40. The smallest absolute Gasteiger partial charge is 0.187 e. The Bertz CT molecular complexity index is 360. The number of nitrogens with zero attached hydrogens (tertiary/aromatic N) is 2. The zero-order valence-corrected chi connectivity index (χ0v) is 10.8. The van der Waals surface area contributed by atoms with Gasteiger partial charge in [-0.1, -0.05) is 0 Å². The number of hydrogen-bond donors (Lipinski definition) is 3. The molecule has 0 aromatic carbocycles. The van der Waals surface area contributed by atoms with Crippen LogP contribution >= 0.6 is 28.1 Å². The Kier molecular flexibility index (Phi) is 4.70. The van der Waals surface area contributed by atoms with E-state index >= 15 is 0 Å². The van der Waals surface area contributed by atoms with E-state index in [1.165, 1.54) is 0 Å². The molecule has 0 aliphatic heterocycles. The number of rotatable bonds is 3. The van der Waals surface area contributed by atoms with Crippen molar-refractivity contribution in [3.05, 3.63) is 16.4 Å². The quantitative estimate of drug-likeness (QED) is 0.447. The minimum Gasteiger partial charge on any atom is -0.359 e. The van der Waals surface area contributed by atoms with E-state index in [0.29, 0.717) is 11.2 Å². The largest absolute Gasteiger partial charge is 0.359 e. The molecule has 0 saturated heterocycles. The molecule has 0 unspecified atom stereocenters. The van der Waals surface area contributed by atoms with E-state index in [2.05, 4.69) is 42.0 Å². The Hall–Kier alpha value is -0.950. The first-order valence-electron chi connectivity index (χ1n) is 4.38. The standard InChI is InChI=1S/C8H12BrN5S/c1-5(2)12-8(15)14-11-4-7-6(9)3-10-13-7/h3-5H,1-2H3,(H,10,13)(H2,12,14,15)/b11-4+. The summed E-state index contributed by atoms with van der Waals surface area (Å²) in [5.74, 6) is 0. The van der Waals surface area contributed by atoms with Gasteiger partial charge in [0, 0.05) is 6.04 Å². The Morgan fingerprint density at radius 2 is 2.47 bits per heavy atom. The maximum absolute atomic E-state index is 4.98. The highest BCUT2D eigenvalue weighted by Crippen LogP contribution is 2.09. The fourth-order valence-electron chi connectivity index (χ4n) is 0.822. The predicted molar refractivity (Wildman–Crippen MR) is 67.9 cm³/mol. The third kappa shape index (κ3) is 4.39. The molecule has 0 saturated carbocycles. The number of H-pyrrole nitrogens is 1. The number of halogens is 1. The SMILES string of the molecule is CC(C)NC(=S)N/N=C/c1[nH]ncc1Br. The van der Waals surface area contributed by atoms with Crippen LogP contribution in [0.2, 0.25) is 0 Å². The van der Waals surface area contributed by atoms with Gasteiger partial charge in [-0.15, -0.1) is 0 Å². The van der Waals surface area contributed by atoms with Crippen molar-refractivity contribution in [2.75, 3.05) is 0 Å². The van der Waals surface area contributed by atoms with Crippen molar-refractivity contribution in [1.82, 2.24) is 20.9 Å². The average Bonchev–Trinajstić information content (AvgIpc) is 2.50. The van der Waals surface area contributed by atoms with E-state index in [-0.39, 0.29) is 0 Å². The minimum absolute atomic E-state index is 0.291. The van der Waals surface area contributed by atoms with Crippen molar-refractivity contribution < 1.29 is 0 Å². The van der Waals surface area contributed by atoms with Crippen LogP contribution in [0.15, 0.2) is 15.8 Å². The lowest BCUT2D eigenvalue weighted by molar-refractivity contribution is 0.719. The first-order valence-corrected chi connectivity index (χ1v) is 5.58. The van der Waals surface area contributed by atoms with Gasteiger partial charge >= 0.3 is 0 Å². The number of aromatic amines is 1. The van der Waals surface area contributed by atoms with Crippen molar-refractivity contribution in [2.45, 2.75) is 19.9 Å². The van der Waals surface area contributed by atoms with Gasteiger partial charge in [-0.05, 0) is 42.0 Å². The zero-order chi connectivity index (χ0) is 11.3. The van der Waals surface area contributed by atoms with Crippen LogP contribution in [0, 0.1) is 0 Å². The fraction of sp³-hybridized carbons (Fsp3) is 0.375. The number of hydrogen-bond acceptors (Lipinski definition) is 3. The topological polar surface area (TPSA) is 65.1 Å². The van der Waals surface area contributed by atoms with Crippen LogP contribution < -0.4 is 10.7 Å². The van der Waals surface area contributed by atoms with Gasteiger partial charge in [0.15, 0.2) is 5.11 Å². The van der Waals surface area contributed by atoms with Crippen molar-refractivity contribution in [3.8, 4) is 0 Å². The van der Waals surface area contributed by atoms with Gasteiger partial charge in [-0.3, -0.25) is 10.5 Å². The van der Waals surface area contributed by atoms with Gasteiger partial charge in [-0.2, -0.15) is 10.2 Å². The third-order valence-corrected chi connectivity index (χ3v) is 2.24. The lowest BCUT2D eigenvalue weighted by Crippen LogP contribution is -2.36. The van der Waals surface area contributed by atoms with Crippen LogP contribution in [0.25, 0.3) is 0 Å². The second-order valence-electron chi connectivity index (χ2n) is 3.13. The van der Waals surface area contributed by atoms with E-state index in [0.717, 1.165) is 10.2 Å². The molecule has 0 radical (unpaired) electrons. The summed E-state index contributed by atoms with van der Waals surface area (Å²) in [6, 6.07) is 0.291. The highest BCUT2D eigenvalue weighted by molar-refractivity contribution is 9.10. The minimum atomic E-state index is 0.291. The van der Waals surface area contributed by atoms with Gasteiger partial charge in [0.25, 0.3) is 0 Å². The molecule has 15 heavy (non-hydrogen) atoms. The van der Waals surface area contributed by atoms with Crippen molar-refractivity contribution in [1.29, 1.82) is 0 Å². The van der Waals surface area contributed by atoms with E-state index < -0.39 is 0 Å². The molecule has 82 valence electrons. The lowest BCUT2D eigenvalue weighted by atomic mass is 10.4. The van der Waals surface area contributed by atoms with Crippen LogP contribution in [0.4, 0.5) is 0 Å². The van der Waals surface area contributed by atoms with Crippen molar-refractivity contribution in [3.63, 3.8) is 0 Å². The molecule has 1 heterocycles. The monoisotopic (exact) mass is 289 g/mol. The molecule has 0 spiro atoms. The Morgan fingerprint density at radius 3 is 3.00 bits per heavy atom. The molecule has 1 aromatic heterocycles. The molecule has 3 N–H and O–H groups in total. The fourth-order valence-corrected chi connectivity index (χ4v) is 1.40. The number of aromatic nitrogens is 2. The van der Waals surface area contributed by atoms with Gasteiger partial charge in [0.2, 0.25) is 0 Å². The van der Waals surface area contributed by atoms with Crippen LogP contribution in [0.1, 0.15) is 19.5 Å². The molecule has 0 aliphatic carbocycles. The molecule has 5 nitrogen and oxygen atoms in total. The van der Waals surface area contributed by atoms with Gasteiger partial charge < -0.3 is 5.32 Å². The van der Waals surface area contributed by atoms with E-state index in [4.69, 9.17) is 12.2 Å². The predicted octanol–water partition coefficient (Wildman–Crippen LogP) is 1.38. The Labute approximate surface area is 102 Å². The Balaban J connectivity index is 2.40. The lowest BCUT2D eigenvalue weighted by Gasteiger charge is -2.09. The summed E-state index contributed by atoms with van der Waals surface area (Å²) in [6.45, 7) is 4.01. The van der Waals surface area contributed by atoms with E-state index in [1.54, 1.807) is 12.4 Å². The normalized spacial score (nSPS) is 10.9. The number of hydrazone groups is 1. The van der Waals surface area contributed by atoms with Crippen LogP contribution in [0.3, 0.4) is 0 Å². The first-order chi connectivity index (χ1) is 7.09. The van der Waals surface area contributed by atoms with Crippen molar-refractivity contribution >= 4 is 39.5 Å². The second kappa shape index (κ2) is 5.82. The highest BCUT2D eigenvalue weighted by Gasteiger charge is 1.98. The first kappa shape index (κ1) is 12.1. The van der Waals surface area contributed by atoms with E-state index in [1.807, 2.05) is 13.8 Å². The van der Waals surface area contributed by atoms with Crippen LogP contribution in [0.5, 0.6) is 0 Å². The van der Waals surface area contributed by atoms with Crippen molar-refractivity contribution in [2.24, 2.45) is 5.10 Å². The average molecular weight is 290 g/mol. The number of thiocarbonyl (C=S) groups is 1. The summed E-state index contributed by atoms with van der Waals surface area (Å²) in [7, 11) is 0. The van der Waals surface area contributed by atoms with E-state index in [9.17, 15) is 0 Å². The molecule has 0 bridgehead atoms. The highest BCUT2D eigenvalue weighted by atomic mass is 79.9. The molecular formula is C8H12BrN5S. The summed E-state index contributed by atoms with van der Waals surface area (Å²) in [6.07, 6.45) is 3.26. The summed E-state index contributed by atoms with van der Waals surface area (Å²) in [4.78, 5) is 0. The summed E-state index contributed by atoms with van der Waals surface area (Å²) >= 11 is 8.30. The summed E-state index contributed by atoms with van der Waals surface area (Å²) in [5.41, 5.74) is 3.49. The second-order valence-corrected chi connectivity index (χ2v) is 4.39. The molecule has 0 aliphatic rings. The number of nitrogens with one attached hydrogen (secondary N) is 3. The molecule has 7 heteroatoms. The molecule has 0 amide bonds. The molecule has 1 aromatic rings. The maximum atomic E-state index is 4.98. The van der Waals surface area contributed by atoms with Crippen LogP contribution in [-0.4, -0.2) is 27.6 Å². The van der Waals surface area contributed by atoms with Gasteiger partial charge in [-0.25, -0.2) is 0 Å². The zero-order valence-electron chi connectivity index (χ0n) is 8.41. The molecule has 0 atom stereocenters. The van der Waals surface area contributed by atoms with Gasteiger partial charge in [0.1, 0.15) is 0 Å².